The smallest absolute Gasteiger partial charge is 0.199 e. The van der Waals surface area contributed by atoms with Crippen molar-refractivity contribution in [2.24, 2.45) is 11.3 Å². The van der Waals surface area contributed by atoms with E-state index in [0.717, 1.165) is 4.90 Å². The van der Waals surface area contributed by atoms with Gasteiger partial charge in [-0.05, 0) is 39.9 Å². The largest absolute Gasteiger partial charge is 0.392 e. The first kappa shape index (κ1) is 23.2. The van der Waals surface area contributed by atoms with E-state index in [1.54, 1.807) is 0 Å². The van der Waals surface area contributed by atoms with Crippen LogP contribution in [0.5, 0.6) is 0 Å². The predicted octanol–water partition coefficient (Wildman–Crippen LogP) is 6.72. The van der Waals surface area contributed by atoms with Crippen molar-refractivity contribution in [1.82, 2.24) is 0 Å². The maximum Gasteiger partial charge on any atom is 0.199 e. The van der Waals surface area contributed by atoms with Gasteiger partial charge in [0, 0.05) is 4.90 Å². The van der Waals surface area contributed by atoms with Gasteiger partial charge in [0.15, 0.2) is 5.12 Å². The van der Waals surface area contributed by atoms with E-state index < -0.39 is 12.0 Å². The van der Waals surface area contributed by atoms with Gasteiger partial charge in [0.1, 0.15) is 0 Å². The van der Waals surface area contributed by atoms with Gasteiger partial charge in [-0.3, -0.25) is 4.79 Å². The molecular formula is C23H38O2S. The van der Waals surface area contributed by atoms with Crippen LogP contribution in [0.15, 0.2) is 17.0 Å². The summed E-state index contributed by atoms with van der Waals surface area (Å²) in [7, 11) is 0. The average molecular weight is 379 g/mol. The van der Waals surface area contributed by atoms with Crippen LogP contribution >= 0.6 is 11.8 Å². The Morgan fingerprint density at radius 3 is 1.62 bits per heavy atom. The molecule has 0 aliphatic rings. The molecule has 3 heteroatoms. The third-order valence-corrected chi connectivity index (χ3v) is 6.26. The first-order valence-electron chi connectivity index (χ1n) is 9.84. The van der Waals surface area contributed by atoms with Gasteiger partial charge in [-0.2, -0.15) is 0 Å². The summed E-state index contributed by atoms with van der Waals surface area (Å²) >= 11 is 1.33. The van der Waals surface area contributed by atoms with Crippen LogP contribution in [0, 0.1) is 11.3 Å². The number of carbonyl (C=O) groups excluding carboxylic acids is 1. The molecule has 148 valence electrons. The van der Waals surface area contributed by atoms with E-state index in [1.807, 2.05) is 27.7 Å². The lowest BCUT2D eigenvalue weighted by Gasteiger charge is -2.30. The normalized spacial score (nSPS) is 15.0. The van der Waals surface area contributed by atoms with Crippen LogP contribution in [0.4, 0.5) is 0 Å². The molecule has 1 aromatic carbocycles. The van der Waals surface area contributed by atoms with Gasteiger partial charge in [0.05, 0.1) is 12.0 Å². The molecule has 0 saturated heterocycles. The van der Waals surface area contributed by atoms with Crippen LogP contribution in [0.3, 0.4) is 0 Å². The van der Waals surface area contributed by atoms with Crippen LogP contribution in [0.1, 0.15) is 104 Å². The maximum atomic E-state index is 13.0. The summed E-state index contributed by atoms with van der Waals surface area (Å²) in [6, 6.07) is 4.53. The molecule has 1 N–H and O–H groups in total. The summed E-state index contributed by atoms with van der Waals surface area (Å²) in [5.41, 5.74) is 3.52. The number of aliphatic hydroxyl groups excluding tert-OH is 1. The number of carbonyl (C=O) groups is 1. The fourth-order valence-electron chi connectivity index (χ4n) is 3.08. The molecule has 0 fully saturated rings. The molecule has 1 rings (SSSR count). The molecule has 0 radical (unpaired) electrons. The van der Waals surface area contributed by atoms with Crippen molar-refractivity contribution in [3.63, 3.8) is 0 Å². The summed E-state index contributed by atoms with van der Waals surface area (Å²) < 4.78 is 0. The Morgan fingerprint density at radius 1 is 0.885 bits per heavy atom. The summed E-state index contributed by atoms with van der Waals surface area (Å²) in [5, 5.41) is 10.6. The van der Waals surface area contributed by atoms with Gasteiger partial charge in [0.2, 0.25) is 0 Å². The van der Waals surface area contributed by atoms with E-state index in [-0.39, 0.29) is 10.5 Å². The van der Waals surface area contributed by atoms with E-state index in [9.17, 15) is 9.90 Å². The zero-order chi connectivity index (χ0) is 20.4. The van der Waals surface area contributed by atoms with Crippen molar-refractivity contribution in [3.05, 3.63) is 28.8 Å². The number of benzene rings is 1. The van der Waals surface area contributed by atoms with Crippen molar-refractivity contribution >= 4 is 16.9 Å². The summed E-state index contributed by atoms with van der Waals surface area (Å²) in [6.45, 7) is 20.9. The van der Waals surface area contributed by atoms with E-state index in [0.29, 0.717) is 17.8 Å². The molecule has 0 saturated carbocycles. The monoisotopic (exact) mass is 378 g/mol. The van der Waals surface area contributed by atoms with Gasteiger partial charge in [-0.15, -0.1) is 0 Å². The van der Waals surface area contributed by atoms with Crippen molar-refractivity contribution in [2.75, 3.05) is 0 Å². The number of aliphatic hydroxyl groups is 1. The highest BCUT2D eigenvalue weighted by atomic mass is 32.2. The number of hydrogen-bond donors (Lipinski definition) is 1. The van der Waals surface area contributed by atoms with E-state index in [4.69, 9.17) is 0 Å². The summed E-state index contributed by atoms with van der Waals surface area (Å²) in [5.74, 6) is 0.764. The molecule has 1 aromatic rings. The SMILES string of the molecule is CC(C)c1cc(C(C)C)c(SC(=O)[C@H](C)[C@@H](O)C(C)(C)C)c(C(C)C)c1. The molecule has 0 aliphatic heterocycles. The molecule has 0 aromatic heterocycles. The van der Waals surface area contributed by atoms with E-state index in [1.165, 1.54) is 28.5 Å². The molecule has 0 amide bonds. The Bertz CT molecular complexity index is 595. The topological polar surface area (TPSA) is 37.3 Å². The molecule has 26 heavy (non-hydrogen) atoms. The number of rotatable bonds is 6. The average Bonchev–Trinajstić information content (AvgIpc) is 2.51. The maximum absolute atomic E-state index is 13.0. The fourth-order valence-corrected chi connectivity index (χ4v) is 4.42. The van der Waals surface area contributed by atoms with Crippen molar-refractivity contribution in [3.8, 4) is 0 Å². The predicted molar refractivity (Wildman–Crippen MR) is 114 cm³/mol. The van der Waals surface area contributed by atoms with Gasteiger partial charge >= 0.3 is 0 Å². The standard InChI is InChI=1S/C23H38O2S/c1-13(2)17-11-18(14(3)4)20(19(12-17)15(5)6)26-22(25)16(7)21(24)23(8,9)10/h11-16,21,24H,1-10H3/t16-,21-/m1/s1. The molecule has 2 atom stereocenters. The molecule has 0 spiro atoms. The molecule has 0 aliphatic carbocycles. The molecule has 0 unspecified atom stereocenters. The van der Waals surface area contributed by atoms with Gasteiger partial charge in [-0.1, -0.05) is 93.1 Å². The molecular weight excluding hydrogens is 340 g/mol. The first-order valence-corrected chi connectivity index (χ1v) is 10.7. The molecule has 0 bridgehead atoms. The third-order valence-electron chi connectivity index (χ3n) is 5.01. The van der Waals surface area contributed by atoms with Crippen LogP contribution < -0.4 is 0 Å². The van der Waals surface area contributed by atoms with E-state index >= 15 is 0 Å². The Hall–Kier alpha value is -0.800. The molecule has 0 heterocycles. The minimum atomic E-state index is -0.651. The Labute approximate surface area is 165 Å². The van der Waals surface area contributed by atoms with Crippen LogP contribution in [-0.4, -0.2) is 16.3 Å². The lowest BCUT2D eigenvalue weighted by Crippen LogP contribution is -2.35. The zero-order valence-corrected chi connectivity index (χ0v) is 19.1. The van der Waals surface area contributed by atoms with E-state index in [2.05, 4.69) is 53.7 Å². The highest BCUT2D eigenvalue weighted by Gasteiger charge is 2.33. The lowest BCUT2D eigenvalue weighted by molar-refractivity contribution is -0.119. The fraction of sp³-hybridized carbons (Fsp3) is 0.696. The number of thioether (sulfide) groups is 1. The second kappa shape index (κ2) is 8.93. The van der Waals surface area contributed by atoms with Crippen molar-refractivity contribution in [1.29, 1.82) is 0 Å². The second-order valence-corrected chi connectivity index (χ2v) is 10.5. The Morgan fingerprint density at radius 2 is 1.31 bits per heavy atom. The Kier molecular flexibility index (Phi) is 7.98. The first-order chi connectivity index (χ1) is 11.8. The van der Waals surface area contributed by atoms with Gasteiger partial charge in [-0.25, -0.2) is 0 Å². The third kappa shape index (κ3) is 5.60. The minimum Gasteiger partial charge on any atom is -0.392 e. The minimum absolute atomic E-state index is 0.0496. The van der Waals surface area contributed by atoms with Crippen LogP contribution in [0.25, 0.3) is 0 Å². The quantitative estimate of drug-likeness (QED) is 0.558. The zero-order valence-electron chi connectivity index (χ0n) is 18.3. The van der Waals surface area contributed by atoms with Crippen LogP contribution in [-0.2, 0) is 4.79 Å². The van der Waals surface area contributed by atoms with Crippen molar-refractivity contribution < 1.29 is 9.90 Å². The summed E-state index contributed by atoms with van der Waals surface area (Å²) in [6.07, 6.45) is -0.651. The second-order valence-electron chi connectivity index (χ2n) is 9.51. The van der Waals surface area contributed by atoms with Gasteiger partial charge in [0.25, 0.3) is 0 Å². The number of hydrogen-bond acceptors (Lipinski definition) is 3. The Balaban J connectivity index is 3.36. The highest BCUT2D eigenvalue weighted by Crippen LogP contribution is 2.40. The summed E-state index contributed by atoms with van der Waals surface area (Å²) in [4.78, 5) is 14.1. The van der Waals surface area contributed by atoms with Crippen molar-refractivity contribution in [2.45, 2.75) is 98.0 Å². The molecule has 2 nitrogen and oxygen atoms in total. The lowest BCUT2D eigenvalue weighted by atomic mass is 9.82. The van der Waals surface area contributed by atoms with Crippen LogP contribution in [0.2, 0.25) is 0 Å². The highest BCUT2D eigenvalue weighted by molar-refractivity contribution is 8.13. The van der Waals surface area contributed by atoms with Gasteiger partial charge < -0.3 is 5.11 Å².